The molecule has 0 aliphatic carbocycles. The monoisotopic (exact) mass is 551 g/mol. The summed E-state index contributed by atoms with van der Waals surface area (Å²) in [5, 5.41) is 11.0. The average Bonchev–Trinajstić information content (AvgIpc) is 2.78. The fraction of sp³-hybridized carbons (Fsp3) is 0.615. The van der Waals surface area contributed by atoms with Crippen LogP contribution in [0.25, 0.3) is 0 Å². The Morgan fingerprint density at radius 3 is 2.03 bits per heavy atom. The Balaban J connectivity index is 1.64. The predicted molar refractivity (Wildman–Crippen MR) is 150 cm³/mol. The molecule has 2 aromatic rings. The fourth-order valence-electron chi connectivity index (χ4n) is 4.56. The zero-order valence-corrected chi connectivity index (χ0v) is 24.2. The van der Waals surface area contributed by atoms with Crippen LogP contribution in [0, 0.1) is 0 Å². The summed E-state index contributed by atoms with van der Waals surface area (Å²) in [6, 6.07) is 7.75. The van der Waals surface area contributed by atoms with Crippen molar-refractivity contribution in [3.05, 3.63) is 51.2 Å². The molecule has 0 saturated carbocycles. The lowest BCUT2D eigenvalue weighted by atomic mass is 10.0. The van der Waals surface area contributed by atoms with E-state index in [9.17, 15) is 23.1 Å². The van der Waals surface area contributed by atoms with Crippen LogP contribution in [-0.2, 0) is 10.0 Å². The summed E-state index contributed by atoms with van der Waals surface area (Å²) in [4.78, 5) is 30.0. The number of piperazine rings is 1. The van der Waals surface area contributed by atoms with Gasteiger partial charge < -0.3 is 14.7 Å². The van der Waals surface area contributed by atoms with Crippen molar-refractivity contribution in [2.24, 2.45) is 0 Å². The fourth-order valence-corrected chi connectivity index (χ4v) is 5.13. The standard InChI is InChI=1S/C26H41N5O6S/c1-18(2)30-23(16-24(33)31(19(3)4)25(30)34)29-14-12-28(13-15-29)17-22(32)26(5,6)37-21-10-8-20(9-11-21)27-38(7,35)36/h8-11,16,18-19,22,27,32H,12-15,17H2,1-7H3. The Kier molecular flexibility index (Phi) is 9.00. The normalized spacial score (nSPS) is 16.2. The molecule has 2 heterocycles. The van der Waals surface area contributed by atoms with E-state index in [1.807, 2.05) is 41.5 Å². The van der Waals surface area contributed by atoms with E-state index in [4.69, 9.17) is 4.74 Å². The molecule has 2 N–H and O–H groups in total. The number of hydrogen-bond acceptors (Lipinski definition) is 8. The van der Waals surface area contributed by atoms with Gasteiger partial charge in [0.1, 0.15) is 23.3 Å². The first-order valence-corrected chi connectivity index (χ1v) is 14.8. The number of nitrogens with zero attached hydrogens (tertiary/aromatic N) is 4. The molecule has 0 spiro atoms. The summed E-state index contributed by atoms with van der Waals surface area (Å²) in [7, 11) is -3.37. The van der Waals surface area contributed by atoms with Gasteiger partial charge in [-0.15, -0.1) is 0 Å². The molecule has 1 saturated heterocycles. The van der Waals surface area contributed by atoms with Crippen LogP contribution in [0.15, 0.2) is 39.9 Å². The molecule has 0 amide bonds. The van der Waals surface area contributed by atoms with Gasteiger partial charge >= 0.3 is 5.69 Å². The topological polar surface area (TPSA) is 126 Å². The van der Waals surface area contributed by atoms with Gasteiger partial charge in [0.25, 0.3) is 5.56 Å². The summed E-state index contributed by atoms with van der Waals surface area (Å²) in [6.45, 7) is 14.1. The number of aliphatic hydroxyl groups excluding tert-OH is 1. The van der Waals surface area contributed by atoms with Gasteiger partial charge in [-0.05, 0) is 65.8 Å². The van der Waals surface area contributed by atoms with Crippen molar-refractivity contribution in [3.63, 3.8) is 0 Å². The van der Waals surface area contributed by atoms with E-state index >= 15 is 0 Å². The average molecular weight is 552 g/mol. The van der Waals surface area contributed by atoms with Gasteiger partial charge in [-0.2, -0.15) is 0 Å². The summed E-state index contributed by atoms with van der Waals surface area (Å²) in [6.07, 6.45) is 0.286. The quantitative estimate of drug-likeness (QED) is 0.459. The van der Waals surface area contributed by atoms with Crippen LogP contribution >= 0.6 is 0 Å². The van der Waals surface area contributed by atoms with Gasteiger partial charge in [0, 0.05) is 56.6 Å². The highest BCUT2D eigenvalue weighted by Gasteiger charge is 2.33. The molecule has 1 aliphatic heterocycles. The Morgan fingerprint density at radius 1 is 0.974 bits per heavy atom. The zero-order chi connectivity index (χ0) is 28.4. The van der Waals surface area contributed by atoms with Crippen LogP contribution < -0.4 is 25.6 Å². The van der Waals surface area contributed by atoms with Crippen molar-refractivity contribution in [2.75, 3.05) is 48.6 Å². The molecule has 212 valence electrons. The number of β-amino-alcohol motifs (C(OH)–C–C–N with tert-alkyl or cyclic N) is 1. The minimum Gasteiger partial charge on any atom is -0.485 e. The van der Waals surface area contributed by atoms with Gasteiger partial charge in [-0.3, -0.25) is 23.6 Å². The highest BCUT2D eigenvalue weighted by Crippen LogP contribution is 2.25. The van der Waals surface area contributed by atoms with Crippen LogP contribution in [0.2, 0.25) is 0 Å². The van der Waals surface area contributed by atoms with Crippen molar-refractivity contribution < 1.29 is 18.3 Å². The molecule has 1 atom stereocenters. The first-order chi connectivity index (χ1) is 17.6. The summed E-state index contributed by atoms with van der Waals surface area (Å²) >= 11 is 0. The first kappa shape index (κ1) is 29.7. The molecule has 0 bridgehead atoms. The number of sulfonamides is 1. The molecule has 1 fully saturated rings. The Labute approximate surface area is 224 Å². The summed E-state index contributed by atoms with van der Waals surface area (Å²) in [5.41, 5.74) is -1.06. The second-order valence-electron chi connectivity index (χ2n) is 11.0. The van der Waals surface area contributed by atoms with Crippen molar-refractivity contribution in [3.8, 4) is 5.75 Å². The van der Waals surface area contributed by atoms with Gasteiger partial charge in [0.15, 0.2) is 0 Å². The number of aromatic nitrogens is 2. The minimum absolute atomic E-state index is 0.0999. The van der Waals surface area contributed by atoms with Crippen molar-refractivity contribution in [1.82, 2.24) is 14.0 Å². The molecule has 0 radical (unpaired) electrons. The number of ether oxygens (including phenoxy) is 1. The third-order valence-electron chi connectivity index (χ3n) is 6.65. The van der Waals surface area contributed by atoms with Gasteiger partial charge in [0.2, 0.25) is 10.0 Å². The maximum absolute atomic E-state index is 13.1. The van der Waals surface area contributed by atoms with Crippen LogP contribution in [0.4, 0.5) is 11.5 Å². The summed E-state index contributed by atoms with van der Waals surface area (Å²) < 4.78 is 34.2. The highest BCUT2D eigenvalue weighted by atomic mass is 32.2. The Bertz CT molecular complexity index is 1320. The second kappa shape index (κ2) is 11.5. The van der Waals surface area contributed by atoms with E-state index in [2.05, 4.69) is 14.5 Å². The minimum atomic E-state index is -3.37. The molecule has 1 aromatic heterocycles. The molecule has 11 nitrogen and oxygen atoms in total. The largest absolute Gasteiger partial charge is 0.485 e. The lowest BCUT2D eigenvalue weighted by molar-refractivity contribution is -0.0449. The third-order valence-corrected chi connectivity index (χ3v) is 7.26. The third kappa shape index (κ3) is 7.17. The van der Waals surface area contributed by atoms with Crippen LogP contribution in [0.1, 0.15) is 53.6 Å². The number of aliphatic hydroxyl groups is 1. The van der Waals surface area contributed by atoms with Crippen molar-refractivity contribution in [2.45, 2.75) is 65.3 Å². The van der Waals surface area contributed by atoms with Crippen LogP contribution in [0.5, 0.6) is 5.75 Å². The van der Waals surface area contributed by atoms with Crippen LogP contribution in [0.3, 0.4) is 0 Å². The molecule has 12 heteroatoms. The smallest absolute Gasteiger partial charge is 0.333 e. The lowest BCUT2D eigenvalue weighted by Gasteiger charge is -2.40. The van der Waals surface area contributed by atoms with Crippen molar-refractivity contribution in [1.29, 1.82) is 0 Å². The number of anilines is 2. The van der Waals surface area contributed by atoms with E-state index < -0.39 is 21.7 Å². The second-order valence-corrected chi connectivity index (χ2v) is 12.7. The number of nitrogens with one attached hydrogen (secondary N) is 1. The molecule has 38 heavy (non-hydrogen) atoms. The van der Waals surface area contributed by atoms with E-state index in [1.54, 1.807) is 34.9 Å². The molecular formula is C26H41N5O6S. The Morgan fingerprint density at radius 2 is 1.53 bits per heavy atom. The number of rotatable bonds is 10. The SMILES string of the molecule is CC(C)n1c(N2CCN(CC(O)C(C)(C)Oc3ccc(NS(C)(=O)=O)cc3)CC2)cc(=O)n(C(C)C)c1=O. The molecular weight excluding hydrogens is 510 g/mol. The zero-order valence-electron chi connectivity index (χ0n) is 23.3. The van der Waals surface area contributed by atoms with Gasteiger partial charge in [-0.25, -0.2) is 13.2 Å². The van der Waals surface area contributed by atoms with Crippen molar-refractivity contribution >= 4 is 21.5 Å². The van der Waals surface area contributed by atoms with E-state index in [0.29, 0.717) is 50.0 Å². The number of hydrogen-bond donors (Lipinski definition) is 2. The first-order valence-electron chi connectivity index (χ1n) is 12.9. The predicted octanol–water partition coefficient (Wildman–Crippen LogP) is 1.88. The van der Waals surface area contributed by atoms with Crippen LogP contribution in [-0.4, -0.2) is 78.2 Å². The van der Waals surface area contributed by atoms with Gasteiger partial charge in [-0.1, -0.05) is 0 Å². The lowest BCUT2D eigenvalue weighted by Crippen LogP contribution is -2.54. The van der Waals surface area contributed by atoms with E-state index in [0.717, 1.165) is 6.26 Å². The van der Waals surface area contributed by atoms with Gasteiger partial charge in [0.05, 0.1) is 6.26 Å². The van der Waals surface area contributed by atoms with E-state index in [1.165, 1.54) is 4.57 Å². The molecule has 3 rings (SSSR count). The molecule has 1 aromatic carbocycles. The highest BCUT2D eigenvalue weighted by molar-refractivity contribution is 7.92. The summed E-state index contributed by atoms with van der Waals surface area (Å²) in [5.74, 6) is 1.14. The maximum Gasteiger partial charge on any atom is 0.333 e. The molecule has 1 aliphatic rings. The molecule has 1 unspecified atom stereocenters. The van der Waals surface area contributed by atoms with E-state index in [-0.39, 0.29) is 23.3 Å². The Hall–Kier alpha value is -2.83. The number of benzene rings is 1. The maximum atomic E-state index is 13.1.